The Bertz CT molecular complexity index is 383. The molecule has 0 radical (unpaired) electrons. The maximum Gasteiger partial charge on any atom is 0.138 e. The summed E-state index contributed by atoms with van der Waals surface area (Å²) in [6.45, 7) is 11.9. The Morgan fingerprint density at radius 3 is 2.79 bits per heavy atom. The molecule has 0 aliphatic carbocycles. The van der Waals surface area contributed by atoms with Crippen LogP contribution in [-0.4, -0.2) is 35.2 Å². The van der Waals surface area contributed by atoms with Gasteiger partial charge in [0.25, 0.3) is 0 Å². The summed E-state index contributed by atoms with van der Waals surface area (Å²) in [4.78, 5) is 2.55. The van der Waals surface area contributed by atoms with Gasteiger partial charge in [-0.05, 0) is 46.6 Å². The lowest BCUT2D eigenvalue weighted by atomic mass is 9.97. The van der Waals surface area contributed by atoms with Crippen molar-refractivity contribution in [1.29, 1.82) is 0 Å². The molecule has 1 aliphatic heterocycles. The fourth-order valence-electron chi connectivity index (χ4n) is 2.92. The number of aromatic nitrogens is 1. The Kier molecular flexibility index (Phi) is 4.99. The maximum atomic E-state index is 5.26. The van der Waals surface area contributed by atoms with Crippen molar-refractivity contribution < 1.29 is 4.52 Å². The van der Waals surface area contributed by atoms with E-state index in [9.17, 15) is 0 Å². The topological polar surface area (TPSA) is 41.3 Å². The van der Waals surface area contributed by atoms with Crippen LogP contribution >= 0.6 is 0 Å². The molecule has 4 heteroatoms. The summed E-state index contributed by atoms with van der Waals surface area (Å²) in [5.74, 6) is 0.968. The smallest absolute Gasteiger partial charge is 0.138 e. The third-order valence-electron chi connectivity index (χ3n) is 4.24. The minimum absolute atomic E-state index is 0.622. The average Bonchev–Trinajstić information content (AvgIpc) is 2.70. The number of rotatable bonds is 5. The molecule has 2 atom stereocenters. The minimum Gasteiger partial charge on any atom is -0.361 e. The molecule has 4 nitrogen and oxygen atoms in total. The molecular weight excluding hydrogens is 238 g/mol. The van der Waals surface area contributed by atoms with Gasteiger partial charge in [-0.2, -0.15) is 0 Å². The fourth-order valence-corrected chi connectivity index (χ4v) is 2.92. The number of hydrogen-bond acceptors (Lipinski definition) is 4. The summed E-state index contributed by atoms with van der Waals surface area (Å²) in [6, 6.07) is 1.31. The predicted octanol–water partition coefficient (Wildman–Crippen LogP) is 2.64. The van der Waals surface area contributed by atoms with E-state index in [2.05, 4.69) is 29.2 Å². The van der Waals surface area contributed by atoms with Crippen molar-refractivity contribution >= 4 is 0 Å². The molecule has 1 saturated heterocycles. The molecular formula is C15H27N3O. The van der Waals surface area contributed by atoms with Crippen LogP contribution in [0.25, 0.3) is 0 Å². The standard InChI is InChI=1S/C15H27N3O/c1-5-7-16-14-6-8-18(11(2)9-14)10-15-12(3)17-19-13(15)4/h11,14,16H,5-10H2,1-4H3. The van der Waals surface area contributed by atoms with Gasteiger partial charge in [0.2, 0.25) is 0 Å². The quantitative estimate of drug-likeness (QED) is 0.888. The van der Waals surface area contributed by atoms with Crippen LogP contribution in [0.4, 0.5) is 0 Å². The first-order valence-corrected chi connectivity index (χ1v) is 7.51. The van der Waals surface area contributed by atoms with Gasteiger partial charge in [-0.1, -0.05) is 12.1 Å². The number of nitrogens with one attached hydrogen (secondary N) is 1. The molecule has 2 rings (SSSR count). The fraction of sp³-hybridized carbons (Fsp3) is 0.800. The first-order valence-electron chi connectivity index (χ1n) is 7.51. The number of hydrogen-bond donors (Lipinski definition) is 1. The maximum absolute atomic E-state index is 5.26. The van der Waals surface area contributed by atoms with Gasteiger partial charge in [0.05, 0.1) is 5.69 Å². The lowest BCUT2D eigenvalue weighted by Crippen LogP contribution is -2.47. The van der Waals surface area contributed by atoms with Crippen molar-refractivity contribution in [3.8, 4) is 0 Å². The van der Waals surface area contributed by atoms with Gasteiger partial charge in [0.15, 0.2) is 0 Å². The molecule has 1 fully saturated rings. The Morgan fingerprint density at radius 1 is 1.42 bits per heavy atom. The molecule has 1 aromatic heterocycles. The molecule has 0 spiro atoms. The van der Waals surface area contributed by atoms with Crippen LogP contribution < -0.4 is 5.32 Å². The summed E-state index contributed by atoms with van der Waals surface area (Å²) in [6.07, 6.45) is 3.70. The average molecular weight is 265 g/mol. The van der Waals surface area contributed by atoms with Crippen molar-refractivity contribution in [2.45, 2.75) is 65.6 Å². The highest BCUT2D eigenvalue weighted by molar-refractivity contribution is 5.20. The van der Waals surface area contributed by atoms with Crippen LogP contribution in [0.15, 0.2) is 4.52 Å². The lowest BCUT2D eigenvalue weighted by molar-refractivity contribution is 0.128. The van der Waals surface area contributed by atoms with Crippen molar-refractivity contribution in [2.24, 2.45) is 0 Å². The van der Waals surface area contributed by atoms with Gasteiger partial charge >= 0.3 is 0 Å². The summed E-state index contributed by atoms with van der Waals surface area (Å²) < 4.78 is 5.26. The van der Waals surface area contributed by atoms with E-state index >= 15 is 0 Å². The minimum atomic E-state index is 0.622. The van der Waals surface area contributed by atoms with E-state index in [1.807, 2.05) is 13.8 Å². The zero-order valence-corrected chi connectivity index (χ0v) is 12.7. The SMILES string of the molecule is CCCNC1CCN(Cc2c(C)noc2C)C(C)C1. The summed E-state index contributed by atoms with van der Waals surface area (Å²) >= 11 is 0. The summed E-state index contributed by atoms with van der Waals surface area (Å²) in [7, 11) is 0. The van der Waals surface area contributed by atoms with Gasteiger partial charge in [-0.25, -0.2) is 0 Å². The molecule has 0 amide bonds. The van der Waals surface area contributed by atoms with Crippen LogP contribution in [0.5, 0.6) is 0 Å². The molecule has 1 aliphatic rings. The Balaban J connectivity index is 1.90. The second-order valence-corrected chi connectivity index (χ2v) is 5.80. The third-order valence-corrected chi connectivity index (χ3v) is 4.24. The van der Waals surface area contributed by atoms with E-state index < -0.39 is 0 Å². The van der Waals surface area contributed by atoms with E-state index in [1.165, 1.54) is 24.8 Å². The predicted molar refractivity (Wildman–Crippen MR) is 77.2 cm³/mol. The normalized spacial score (nSPS) is 24.8. The zero-order chi connectivity index (χ0) is 13.8. The Hall–Kier alpha value is -0.870. The molecule has 108 valence electrons. The molecule has 0 aromatic carbocycles. The molecule has 1 N–H and O–H groups in total. The largest absolute Gasteiger partial charge is 0.361 e. The van der Waals surface area contributed by atoms with Gasteiger partial charge in [-0.3, -0.25) is 4.90 Å². The van der Waals surface area contributed by atoms with Crippen molar-refractivity contribution in [1.82, 2.24) is 15.4 Å². The first-order chi connectivity index (χ1) is 9.11. The molecule has 0 saturated carbocycles. The van der Waals surface area contributed by atoms with Crippen LogP contribution in [0.2, 0.25) is 0 Å². The van der Waals surface area contributed by atoms with E-state index in [0.717, 1.165) is 31.1 Å². The van der Waals surface area contributed by atoms with Crippen LogP contribution in [-0.2, 0) is 6.54 Å². The van der Waals surface area contributed by atoms with E-state index in [-0.39, 0.29) is 0 Å². The van der Waals surface area contributed by atoms with E-state index in [1.54, 1.807) is 0 Å². The van der Waals surface area contributed by atoms with Crippen LogP contribution in [0.1, 0.15) is 50.1 Å². The van der Waals surface area contributed by atoms with E-state index in [0.29, 0.717) is 12.1 Å². The summed E-state index contributed by atoms with van der Waals surface area (Å²) in [5, 5.41) is 7.69. The van der Waals surface area contributed by atoms with Gasteiger partial charge in [-0.15, -0.1) is 0 Å². The molecule has 1 aromatic rings. The van der Waals surface area contributed by atoms with Crippen LogP contribution in [0, 0.1) is 13.8 Å². The highest BCUT2D eigenvalue weighted by Gasteiger charge is 2.26. The van der Waals surface area contributed by atoms with Crippen molar-refractivity contribution in [2.75, 3.05) is 13.1 Å². The zero-order valence-electron chi connectivity index (χ0n) is 12.7. The molecule has 0 bridgehead atoms. The number of likely N-dealkylation sites (tertiary alicyclic amines) is 1. The number of piperidine rings is 1. The summed E-state index contributed by atoms with van der Waals surface area (Å²) in [5.41, 5.74) is 2.31. The highest BCUT2D eigenvalue weighted by atomic mass is 16.5. The Morgan fingerprint density at radius 2 is 2.21 bits per heavy atom. The number of aryl methyl sites for hydroxylation is 2. The molecule has 2 heterocycles. The van der Waals surface area contributed by atoms with Gasteiger partial charge in [0.1, 0.15) is 5.76 Å². The monoisotopic (exact) mass is 265 g/mol. The molecule has 2 unspecified atom stereocenters. The van der Waals surface area contributed by atoms with Crippen molar-refractivity contribution in [3.05, 3.63) is 17.0 Å². The highest BCUT2D eigenvalue weighted by Crippen LogP contribution is 2.22. The van der Waals surface area contributed by atoms with Gasteiger partial charge < -0.3 is 9.84 Å². The van der Waals surface area contributed by atoms with Crippen molar-refractivity contribution in [3.63, 3.8) is 0 Å². The first kappa shape index (κ1) is 14.5. The van der Waals surface area contributed by atoms with Crippen LogP contribution in [0.3, 0.4) is 0 Å². The van der Waals surface area contributed by atoms with E-state index in [4.69, 9.17) is 4.52 Å². The second kappa shape index (κ2) is 6.53. The lowest BCUT2D eigenvalue weighted by Gasteiger charge is -2.38. The van der Waals surface area contributed by atoms with Gasteiger partial charge in [0, 0.05) is 30.7 Å². The Labute approximate surface area is 116 Å². The third kappa shape index (κ3) is 3.57. The second-order valence-electron chi connectivity index (χ2n) is 5.80. The number of nitrogens with zero attached hydrogens (tertiary/aromatic N) is 2. The molecule has 19 heavy (non-hydrogen) atoms.